The van der Waals surface area contributed by atoms with E-state index in [0.29, 0.717) is 22.8 Å². The molecule has 4 rings (SSSR count). The van der Waals surface area contributed by atoms with Crippen molar-refractivity contribution < 1.29 is 9.90 Å². The maximum atomic E-state index is 11.1. The molecule has 0 unspecified atom stereocenters. The molecule has 1 aliphatic rings. The Labute approximate surface area is 181 Å². The first-order chi connectivity index (χ1) is 15.0. The van der Waals surface area contributed by atoms with Gasteiger partial charge in [0.2, 0.25) is 5.95 Å². The van der Waals surface area contributed by atoms with Gasteiger partial charge in [0.05, 0.1) is 11.9 Å². The maximum absolute atomic E-state index is 11.1. The number of hydrogen-bond acceptors (Lipinski definition) is 7. The molecule has 9 nitrogen and oxygen atoms in total. The molecule has 3 N–H and O–H groups in total. The molecule has 0 amide bonds. The summed E-state index contributed by atoms with van der Waals surface area (Å²) in [6.07, 6.45) is 6.02. The minimum Gasteiger partial charge on any atom is -0.477 e. The number of piperazine rings is 1. The van der Waals surface area contributed by atoms with E-state index in [0.717, 1.165) is 37.8 Å². The van der Waals surface area contributed by atoms with Crippen LogP contribution in [0.5, 0.6) is 0 Å². The molecule has 0 saturated carbocycles. The van der Waals surface area contributed by atoms with Crippen molar-refractivity contribution in [3.63, 3.8) is 0 Å². The van der Waals surface area contributed by atoms with Gasteiger partial charge in [-0.2, -0.15) is 4.98 Å². The summed E-state index contributed by atoms with van der Waals surface area (Å²) in [5, 5.41) is 12.8. The Balaban J connectivity index is 1.32. The van der Waals surface area contributed by atoms with Crippen molar-refractivity contribution in [1.29, 1.82) is 0 Å². The number of hydrogen-bond donors (Lipinski definition) is 3. The Kier molecular flexibility index (Phi) is 6.31. The lowest BCUT2D eigenvalue weighted by Crippen LogP contribution is -2.46. The summed E-state index contributed by atoms with van der Waals surface area (Å²) in [4.78, 5) is 31.8. The number of carbonyl (C=O) groups is 1. The average Bonchev–Trinajstić information content (AvgIpc) is 3.19. The Morgan fingerprint density at radius 3 is 2.68 bits per heavy atom. The zero-order valence-electron chi connectivity index (χ0n) is 18.0. The normalized spacial score (nSPS) is 15.0. The second-order valence-electron chi connectivity index (χ2n) is 8.38. The monoisotopic (exact) mass is 423 g/mol. The van der Waals surface area contributed by atoms with Crippen molar-refractivity contribution in [3.05, 3.63) is 36.3 Å². The average molecular weight is 424 g/mol. The van der Waals surface area contributed by atoms with E-state index in [9.17, 15) is 4.79 Å². The van der Waals surface area contributed by atoms with Gasteiger partial charge in [-0.25, -0.2) is 14.8 Å². The van der Waals surface area contributed by atoms with Crippen molar-refractivity contribution in [2.24, 2.45) is 5.92 Å². The highest BCUT2D eigenvalue weighted by Gasteiger charge is 2.17. The summed E-state index contributed by atoms with van der Waals surface area (Å²) in [6, 6.07) is 5.48. The first-order valence-corrected chi connectivity index (χ1v) is 10.8. The number of carboxylic acid groups (broad SMARTS) is 1. The number of fused-ring (bicyclic) bond motifs is 1. The van der Waals surface area contributed by atoms with Crippen LogP contribution in [0, 0.1) is 5.92 Å². The largest absolute Gasteiger partial charge is 0.477 e. The highest BCUT2D eigenvalue weighted by molar-refractivity contribution is 5.92. The first-order valence-electron chi connectivity index (χ1n) is 10.8. The van der Waals surface area contributed by atoms with Crippen LogP contribution < -0.4 is 10.2 Å². The molecule has 31 heavy (non-hydrogen) atoms. The minimum atomic E-state index is -1.03. The van der Waals surface area contributed by atoms with Crippen molar-refractivity contribution in [1.82, 2.24) is 24.8 Å². The van der Waals surface area contributed by atoms with Crippen LogP contribution in [-0.2, 0) is 0 Å². The molecule has 1 fully saturated rings. The summed E-state index contributed by atoms with van der Waals surface area (Å²) in [6.45, 7) is 9.93. The van der Waals surface area contributed by atoms with E-state index >= 15 is 0 Å². The van der Waals surface area contributed by atoms with Crippen molar-refractivity contribution in [2.75, 3.05) is 42.9 Å². The number of H-pyrrole nitrogens is 1. The summed E-state index contributed by atoms with van der Waals surface area (Å²) < 4.78 is 0. The molecular weight excluding hydrogens is 394 g/mol. The van der Waals surface area contributed by atoms with E-state index in [-0.39, 0.29) is 5.69 Å². The number of carboxylic acids is 1. The highest BCUT2D eigenvalue weighted by atomic mass is 16.4. The summed E-state index contributed by atoms with van der Waals surface area (Å²) >= 11 is 0. The van der Waals surface area contributed by atoms with Crippen LogP contribution in [0.4, 0.5) is 17.5 Å². The Morgan fingerprint density at radius 2 is 2.00 bits per heavy atom. The Hall–Kier alpha value is -3.20. The fraction of sp³-hybridized carbons (Fsp3) is 0.455. The number of aromatic nitrogens is 4. The smallest absolute Gasteiger partial charge is 0.352 e. The van der Waals surface area contributed by atoms with Crippen LogP contribution in [0.25, 0.3) is 11.0 Å². The van der Waals surface area contributed by atoms with E-state index in [1.807, 2.05) is 12.3 Å². The SMILES string of the molecule is CC(C)CCCN1CCN(c2ccc(Nc3ncc4cc(C(=O)O)[nH]c4n3)nc2)CC1. The third-order valence-electron chi connectivity index (χ3n) is 5.58. The molecule has 0 bridgehead atoms. The number of pyridine rings is 1. The van der Waals surface area contributed by atoms with Crippen molar-refractivity contribution in [2.45, 2.75) is 26.7 Å². The fourth-order valence-corrected chi connectivity index (χ4v) is 3.81. The number of aromatic amines is 1. The number of nitrogens with zero attached hydrogens (tertiary/aromatic N) is 5. The molecule has 0 aromatic carbocycles. The lowest BCUT2D eigenvalue weighted by molar-refractivity contribution is 0.0691. The standard InChI is InChI=1S/C22H29N7O2/c1-15(2)4-3-7-28-8-10-29(11-9-28)17-5-6-19(23-14-17)26-22-24-13-16-12-18(21(30)31)25-20(16)27-22/h5-6,12-15H,3-4,7-11H2,1-2H3,(H,30,31)(H2,23,24,25,26,27). The molecule has 3 aromatic rings. The third kappa shape index (κ3) is 5.29. The molecule has 164 valence electrons. The summed E-state index contributed by atoms with van der Waals surface area (Å²) in [5.41, 5.74) is 1.67. The van der Waals surface area contributed by atoms with E-state index in [2.05, 4.69) is 55.0 Å². The number of anilines is 3. The topological polar surface area (TPSA) is 110 Å². The molecule has 0 aliphatic carbocycles. The number of rotatable bonds is 8. The summed E-state index contributed by atoms with van der Waals surface area (Å²) in [7, 11) is 0. The lowest BCUT2D eigenvalue weighted by atomic mass is 10.1. The molecule has 1 saturated heterocycles. The van der Waals surface area contributed by atoms with Gasteiger partial charge in [-0.05, 0) is 43.5 Å². The van der Waals surface area contributed by atoms with Gasteiger partial charge in [0.15, 0.2) is 0 Å². The maximum Gasteiger partial charge on any atom is 0.352 e. The third-order valence-corrected chi connectivity index (χ3v) is 5.58. The summed E-state index contributed by atoms with van der Waals surface area (Å²) in [5.74, 6) is 0.750. The second-order valence-corrected chi connectivity index (χ2v) is 8.38. The van der Waals surface area contributed by atoms with E-state index in [4.69, 9.17) is 5.11 Å². The van der Waals surface area contributed by atoms with Gasteiger partial charge < -0.3 is 20.3 Å². The second kappa shape index (κ2) is 9.30. The van der Waals surface area contributed by atoms with Crippen LogP contribution in [-0.4, -0.2) is 68.6 Å². The predicted octanol–water partition coefficient (Wildman–Crippen LogP) is 3.35. The first kappa shape index (κ1) is 21.0. The van der Waals surface area contributed by atoms with Crippen LogP contribution in [0.2, 0.25) is 0 Å². The molecule has 0 radical (unpaired) electrons. The van der Waals surface area contributed by atoms with Gasteiger partial charge in [-0.15, -0.1) is 0 Å². The van der Waals surface area contributed by atoms with E-state index in [1.165, 1.54) is 25.5 Å². The molecular formula is C22H29N7O2. The van der Waals surface area contributed by atoms with E-state index in [1.54, 1.807) is 6.20 Å². The molecule has 4 heterocycles. The van der Waals surface area contributed by atoms with Gasteiger partial charge >= 0.3 is 5.97 Å². The number of nitrogens with one attached hydrogen (secondary N) is 2. The lowest BCUT2D eigenvalue weighted by Gasteiger charge is -2.36. The molecule has 0 atom stereocenters. The van der Waals surface area contributed by atoms with Crippen LogP contribution in [0.1, 0.15) is 37.2 Å². The van der Waals surface area contributed by atoms with E-state index < -0.39 is 5.97 Å². The number of aromatic carboxylic acids is 1. The van der Waals surface area contributed by atoms with Crippen molar-refractivity contribution >= 4 is 34.5 Å². The Morgan fingerprint density at radius 1 is 1.19 bits per heavy atom. The predicted molar refractivity (Wildman–Crippen MR) is 121 cm³/mol. The van der Waals surface area contributed by atoms with Crippen molar-refractivity contribution in [3.8, 4) is 0 Å². The zero-order chi connectivity index (χ0) is 21.8. The minimum absolute atomic E-state index is 0.0870. The van der Waals surface area contributed by atoms with Gasteiger partial charge in [0, 0.05) is 37.8 Å². The fourth-order valence-electron chi connectivity index (χ4n) is 3.81. The van der Waals surface area contributed by atoms with Gasteiger partial charge in [-0.3, -0.25) is 4.90 Å². The van der Waals surface area contributed by atoms with Gasteiger partial charge in [0.25, 0.3) is 0 Å². The van der Waals surface area contributed by atoms with Gasteiger partial charge in [-0.1, -0.05) is 13.8 Å². The molecule has 1 aliphatic heterocycles. The Bertz CT molecular complexity index is 1020. The zero-order valence-corrected chi connectivity index (χ0v) is 18.0. The van der Waals surface area contributed by atoms with Crippen LogP contribution in [0.15, 0.2) is 30.6 Å². The highest BCUT2D eigenvalue weighted by Crippen LogP contribution is 2.20. The van der Waals surface area contributed by atoms with Gasteiger partial charge in [0.1, 0.15) is 17.2 Å². The molecule has 3 aromatic heterocycles. The molecule has 9 heteroatoms. The quantitative estimate of drug-likeness (QED) is 0.506. The molecule has 0 spiro atoms. The van der Waals surface area contributed by atoms with Crippen LogP contribution in [0.3, 0.4) is 0 Å². The van der Waals surface area contributed by atoms with Crippen LogP contribution >= 0.6 is 0 Å².